The molecule has 0 aliphatic heterocycles. The molecule has 3 heteroatoms. The molecule has 0 saturated carbocycles. The largest absolute Gasteiger partial charge is 0.281 e. The molecule has 0 saturated heterocycles. The summed E-state index contributed by atoms with van der Waals surface area (Å²) in [6.07, 6.45) is 2.09. The molecule has 0 amide bonds. The standard InChI is InChI=1S/C11H10ClFO/c1-2-3-10(11(12)14)8-4-6-9(13)7-5-8/h2,4-7,10H,1,3H2/t10-/m0/s1. The average molecular weight is 213 g/mol. The van der Waals surface area contributed by atoms with Gasteiger partial charge < -0.3 is 0 Å². The zero-order chi connectivity index (χ0) is 10.6. The second kappa shape index (κ2) is 4.91. The van der Waals surface area contributed by atoms with Gasteiger partial charge in [-0.3, -0.25) is 4.79 Å². The van der Waals surface area contributed by atoms with Crippen molar-refractivity contribution in [1.82, 2.24) is 0 Å². The number of carbonyl (C=O) groups is 1. The van der Waals surface area contributed by atoms with Crippen molar-refractivity contribution in [3.8, 4) is 0 Å². The first-order chi connectivity index (χ1) is 6.65. The van der Waals surface area contributed by atoms with Gasteiger partial charge in [0.15, 0.2) is 0 Å². The summed E-state index contributed by atoms with van der Waals surface area (Å²) in [4.78, 5) is 11.0. The molecule has 1 atom stereocenters. The van der Waals surface area contributed by atoms with Gasteiger partial charge in [0.05, 0.1) is 5.92 Å². The summed E-state index contributed by atoms with van der Waals surface area (Å²) in [6.45, 7) is 3.54. The number of hydrogen-bond donors (Lipinski definition) is 0. The zero-order valence-electron chi connectivity index (χ0n) is 7.54. The van der Waals surface area contributed by atoms with Crippen LogP contribution in [-0.2, 0) is 4.79 Å². The maximum absolute atomic E-state index is 12.6. The Labute approximate surface area is 87.2 Å². The van der Waals surface area contributed by atoms with Crippen LogP contribution in [0.1, 0.15) is 17.9 Å². The maximum Gasteiger partial charge on any atom is 0.229 e. The third-order valence-electron chi connectivity index (χ3n) is 1.95. The molecular weight excluding hydrogens is 203 g/mol. The van der Waals surface area contributed by atoms with Gasteiger partial charge in [0, 0.05) is 0 Å². The second-order valence-electron chi connectivity index (χ2n) is 2.93. The highest BCUT2D eigenvalue weighted by atomic mass is 35.5. The highest BCUT2D eigenvalue weighted by Crippen LogP contribution is 2.22. The van der Waals surface area contributed by atoms with Gasteiger partial charge in [-0.25, -0.2) is 4.39 Å². The normalized spacial score (nSPS) is 12.1. The van der Waals surface area contributed by atoms with E-state index in [1.165, 1.54) is 12.1 Å². The molecule has 0 bridgehead atoms. The Morgan fingerprint density at radius 1 is 1.50 bits per heavy atom. The molecule has 74 valence electrons. The zero-order valence-corrected chi connectivity index (χ0v) is 8.30. The van der Waals surface area contributed by atoms with Crippen LogP contribution < -0.4 is 0 Å². The molecule has 14 heavy (non-hydrogen) atoms. The van der Waals surface area contributed by atoms with E-state index in [2.05, 4.69) is 6.58 Å². The lowest BCUT2D eigenvalue weighted by molar-refractivity contribution is -0.112. The third-order valence-corrected chi connectivity index (χ3v) is 2.21. The predicted octanol–water partition coefficient (Wildman–Crippen LogP) is 3.25. The Morgan fingerprint density at radius 2 is 2.07 bits per heavy atom. The molecule has 1 aromatic rings. The van der Waals surface area contributed by atoms with Crippen LogP contribution in [0, 0.1) is 5.82 Å². The summed E-state index contributed by atoms with van der Waals surface area (Å²) in [5.74, 6) is -0.747. The van der Waals surface area contributed by atoms with Crippen LogP contribution in [0.25, 0.3) is 0 Å². The minimum atomic E-state index is -0.448. The van der Waals surface area contributed by atoms with E-state index >= 15 is 0 Å². The van der Waals surface area contributed by atoms with E-state index in [1.807, 2.05) is 0 Å². The fourth-order valence-electron chi connectivity index (χ4n) is 1.22. The lowest BCUT2D eigenvalue weighted by atomic mass is 9.97. The minimum absolute atomic E-state index is 0.326. The van der Waals surface area contributed by atoms with Crippen molar-refractivity contribution in [1.29, 1.82) is 0 Å². The highest BCUT2D eigenvalue weighted by molar-refractivity contribution is 6.64. The Kier molecular flexibility index (Phi) is 3.84. The molecule has 0 fully saturated rings. The van der Waals surface area contributed by atoms with Crippen molar-refractivity contribution in [3.05, 3.63) is 48.3 Å². The number of halogens is 2. The Morgan fingerprint density at radius 3 is 2.50 bits per heavy atom. The first-order valence-corrected chi connectivity index (χ1v) is 4.58. The van der Waals surface area contributed by atoms with Crippen LogP contribution in [0.5, 0.6) is 0 Å². The van der Waals surface area contributed by atoms with Crippen LogP contribution in [0.15, 0.2) is 36.9 Å². The van der Waals surface area contributed by atoms with Crippen LogP contribution in [0.4, 0.5) is 4.39 Å². The molecular formula is C11H10ClFO. The molecule has 0 heterocycles. The van der Waals surface area contributed by atoms with Gasteiger partial charge in [0.25, 0.3) is 0 Å². The lowest BCUT2D eigenvalue weighted by Crippen LogP contribution is -2.05. The van der Waals surface area contributed by atoms with E-state index in [0.29, 0.717) is 12.0 Å². The second-order valence-corrected chi connectivity index (χ2v) is 3.31. The van der Waals surface area contributed by atoms with Gasteiger partial charge in [-0.2, -0.15) is 0 Å². The van der Waals surface area contributed by atoms with Crippen LogP contribution in [-0.4, -0.2) is 5.24 Å². The maximum atomic E-state index is 12.6. The van der Waals surface area contributed by atoms with Crippen LogP contribution in [0.2, 0.25) is 0 Å². The SMILES string of the molecule is C=CC[C@H](C(=O)Cl)c1ccc(F)cc1. The van der Waals surface area contributed by atoms with Gasteiger partial charge in [-0.1, -0.05) is 18.2 Å². The van der Waals surface area contributed by atoms with E-state index < -0.39 is 11.2 Å². The quantitative estimate of drug-likeness (QED) is 0.553. The first kappa shape index (κ1) is 10.9. The first-order valence-electron chi connectivity index (χ1n) is 4.21. The van der Waals surface area contributed by atoms with E-state index in [0.717, 1.165) is 0 Å². The van der Waals surface area contributed by atoms with E-state index in [1.54, 1.807) is 18.2 Å². The number of benzene rings is 1. The summed E-state index contributed by atoms with van der Waals surface area (Å²) >= 11 is 5.42. The van der Waals surface area contributed by atoms with Crippen molar-refractivity contribution in [2.24, 2.45) is 0 Å². The third kappa shape index (κ3) is 2.67. The molecule has 0 unspecified atom stereocenters. The summed E-state index contributed by atoms with van der Waals surface area (Å²) in [7, 11) is 0. The van der Waals surface area contributed by atoms with E-state index in [-0.39, 0.29) is 5.82 Å². The number of rotatable bonds is 4. The van der Waals surface area contributed by atoms with Gasteiger partial charge in [0.1, 0.15) is 5.82 Å². The van der Waals surface area contributed by atoms with Gasteiger partial charge in [-0.15, -0.1) is 6.58 Å². The number of carbonyl (C=O) groups excluding carboxylic acids is 1. The number of allylic oxidation sites excluding steroid dienone is 1. The Balaban J connectivity index is 2.93. The Hall–Kier alpha value is -1.15. The molecule has 0 aromatic heterocycles. The van der Waals surface area contributed by atoms with Gasteiger partial charge in [-0.05, 0) is 35.7 Å². The number of hydrogen-bond acceptors (Lipinski definition) is 1. The van der Waals surface area contributed by atoms with Crippen LogP contribution >= 0.6 is 11.6 Å². The Bertz CT molecular complexity index is 332. The summed E-state index contributed by atoms with van der Waals surface area (Å²) in [5.41, 5.74) is 0.714. The van der Waals surface area contributed by atoms with E-state index in [4.69, 9.17) is 11.6 Å². The van der Waals surface area contributed by atoms with Crippen molar-refractivity contribution < 1.29 is 9.18 Å². The molecule has 1 nitrogen and oxygen atoms in total. The summed E-state index contributed by atoms with van der Waals surface area (Å²) in [6, 6.07) is 5.74. The smallest absolute Gasteiger partial charge is 0.229 e. The van der Waals surface area contributed by atoms with Crippen molar-refractivity contribution >= 4 is 16.8 Å². The molecule has 1 aromatic carbocycles. The molecule has 0 aliphatic rings. The van der Waals surface area contributed by atoms with Crippen molar-refractivity contribution in [2.45, 2.75) is 12.3 Å². The summed E-state index contributed by atoms with van der Waals surface area (Å²) < 4.78 is 12.6. The fraction of sp³-hybridized carbons (Fsp3) is 0.182. The van der Waals surface area contributed by atoms with Gasteiger partial charge >= 0.3 is 0 Å². The molecule has 0 spiro atoms. The highest BCUT2D eigenvalue weighted by Gasteiger charge is 2.16. The molecule has 0 aliphatic carbocycles. The molecule has 0 N–H and O–H groups in total. The van der Waals surface area contributed by atoms with Crippen LogP contribution in [0.3, 0.4) is 0 Å². The topological polar surface area (TPSA) is 17.1 Å². The van der Waals surface area contributed by atoms with Gasteiger partial charge in [0.2, 0.25) is 5.24 Å². The monoisotopic (exact) mass is 212 g/mol. The van der Waals surface area contributed by atoms with Crippen molar-refractivity contribution in [2.75, 3.05) is 0 Å². The van der Waals surface area contributed by atoms with Crippen molar-refractivity contribution in [3.63, 3.8) is 0 Å². The molecule has 1 rings (SSSR count). The minimum Gasteiger partial charge on any atom is -0.281 e. The summed E-state index contributed by atoms with van der Waals surface area (Å²) in [5, 5.41) is -0.448. The fourth-order valence-corrected chi connectivity index (χ4v) is 1.44. The lowest BCUT2D eigenvalue weighted by Gasteiger charge is -2.09. The van der Waals surface area contributed by atoms with E-state index in [9.17, 15) is 9.18 Å². The molecule has 0 radical (unpaired) electrons. The predicted molar refractivity (Wildman–Crippen MR) is 54.8 cm³/mol. The average Bonchev–Trinajstić information content (AvgIpc) is 2.15.